The molecule has 20 heavy (non-hydrogen) atoms. The van der Waals surface area contributed by atoms with E-state index in [9.17, 15) is 0 Å². The van der Waals surface area contributed by atoms with Gasteiger partial charge in [0.1, 0.15) is 4.99 Å². The van der Waals surface area contributed by atoms with Crippen molar-refractivity contribution < 1.29 is 0 Å². The molecular formula is C15H16ClN3S. The van der Waals surface area contributed by atoms with E-state index in [0.29, 0.717) is 15.6 Å². The number of pyridine rings is 1. The Labute approximate surface area is 129 Å². The van der Waals surface area contributed by atoms with Crippen molar-refractivity contribution in [3.63, 3.8) is 0 Å². The third-order valence-corrected chi connectivity index (χ3v) is 3.58. The lowest BCUT2D eigenvalue weighted by molar-refractivity contribution is 0.810. The van der Waals surface area contributed by atoms with Crippen LogP contribution >= 0.6 is 23.8 Å². The predicted molar refractivity (Wildman–Crippen MR) is 88.3 cm³/mol. The summed E-state index contributed by atoms with van der Waals surface area (Å²) in [5.41, 5.74) is 8.38. The fourth-order valence-corrected chi connectivity index (χ4v) is 2.48. The van der Waals surface area contributed by atoms with Crippen LogP contribution in [0.4, 0.5) is 5.69 Å². The van der Waals surface area contributed by atoms with Crippen LogP contribution < -0.4 is 10.6 Å². The Morgan fingerprint density at radius 1 is 1.35 bits per heavy atom. The first kappa shape index (κ1) is 14.8. The zero-order valence-corrected chi connectivity index (χ0v) is 12.8. The average molecular weight is 306 g/mol. The van der Waals surface area contributed by atoms with Crippen molar-refractivity contribution in [2.75, 3.05) is 11.4 Å². The number of halogens is 1. The summed E-state index contributed by atoms with van der Waals surface area (Å²) in [5.74, 6) is 0. The number of rotatable bonds is 5. The summed E-state index contributed by atoms with van der Waals surface area (Å²) in [5, 5.41) is 0.578. The van der Waals surface area contributed by atoms with Gasteiger partial charge >= 0.3 is 0 Å². The van der Waals surface area contributed by atoms with E-state index < -0.39 is 0 Å². The van der Waals surface area contributed by atoms with Crippen molar-refractivity contribution in [1.82, 2.24) is 4.98 Å². The molecule has 0 fully saturated rings. The first-order valence-electron chi connectivity index (χ1n) is 6.36. The van der Waals surface area contributed by atoms with E-state index in [1.807, 2.05) is 36.4 Å². The summed E-state index contributed by atoms with van der Waals surface area (Å²) in [6, 6.07) is 11.6. The summed E-state index contributed by atoms with van der Waals surface area (Å²) < 4.78 is 0. The Morgan fingerprint density at radius 3 is 2.70 bits per heavy atom. The monoisotopic (exact) mass is 305 g/mol. The number of hydrogen-bond acceptors (Lipinski definition) is 3. The molecule has 0 aliphatic heterocycles. The van der Waals surface area contributed by atoms with Crippen LogP contribution in [0.1, 0.15) is 18.2 Å². The molecular weight excluding hydrogens is 290 g/mol. The van der Waals surface area contributed by atoms with Crippen LogP contribution in [0, 0.1) is 0 Å². The molecule has 0 aliphatic carbocycles. The first-order valence-corrected chi connectivity index (χ1v) is 7.14. The number of aromatic nitrogens is 1. The minimum atomic E-state index is 0.314. The Hall–Kier alpha value is -1.65. The van der Waals surface area contributed by atoms with Gasteiger partial charge in [0.25, 0.3) is 0 Å². The minimum absolute atomic E-state index is 0.314. The third-order valence-electron chi connectivity index (χ3n) is 3.04. The quantitative estimate of drug-likeness (QED) is 0.860. The van der Waals surface area contributed by atoms with Crippen molar-refractivity contribution in [2.45, 2.75) is 13.5 Å². The molecule has 104 valence electrons. The van der Waals surface area contributed by atoms with Crippen LogP contribution in [0.3, 0.4) is 0 Å². The van der Waals surface area contributed by atoms with E-state index in [0.717, 1.165) is 24.5 Å². The number of benzene rings is 1. The van der Waals surface area contributed by atoms with Gasteiger partial charge in [-0.15, -0.1) is 0 Å². The van der Waals surface area contributed by atoms with Gasteiger partial charge in [0, 0.05) is 24.0 Å². The van der Waals surface area contributed by atoms with E-state index in [1.165, 1.54) is 0 Å². The van der Waals surface area contributed by atoms with E-state index >= 15 is 0 Å². The molecule has 3 nitrogen and oxygen atoms in total. The Morgan fingerprint density at radius 2 is 2.15 bits per heavy atom. The summed E-state index contributed by atoms with van der Waals surface area (Å²) in [4.78, 5) is 6.85. The third kappa shape index (κ3) is 3.46. The highest BCUT2D eigenvalue weighted by Crippen LogP contribution is 2.24. The summed E-state index contributed by atoms with van der Waals surface area (Å²) in [6.07, 6.45) is 1.80. The summed E-state index contributed by atoms with van der Waals surface area (Å²) in [7, 11) is 0. The molecule has 5 heteroatoms. The highest BCUT2D eigenvalue weighted by molar-refractivity contribution is 7.80. The molecule has 1 aromatic carbocycles. The maximum atomic E-state index is 6.22. The molecule has 0 aliphatic rings. The molecule has 0 saturated carbocycles. The second kappa shape index (κ2) is 6.68. The molecule has 0 amide bonds. The molecule has 0 unspecified atom stereocenters. The SMILES string of the molecule is CCN(Cc1ccccn1)c1ccc(C(N)=S)c(Cl)c1. The Kier molecular flexibility index (Phi) is 4.93. The van der Waals surface area contributed by atoms with Crippen LogP contribution in [0.15, 0.2) is 42.6 Å². The number of thiocarbonyl (C=S) groups is 1. The van der Waals surface area contributed by atoms with Crippen LogP contribution in [-0.4, -0.2) is 16.5 Å². The van der Waals surface area contributed by atoms with Gasteiger partial charge in [-0.1, -0.05) is 29.9 Å². The molecule has 2 rings (SSSR count). The molecule has 0 spiro atoms. The largest absolute Gasteiger partial charge is 0.389 e. The predicted octanol–water partition coefficient (Wildman–Crippen LogP) is 3.40. The van der Waals surface area contributed by atoms with Crippen molar-refractivity contribution >= 4 is 34.5 Å². The van der Waals surface area contributed by atoms with E-state index in [2.05, 4.69) is 16.8 Å². The van der Waals surface area contributed by atoms with Gasteiger partial charge in [-0.2, -0.15) is 0 Å². The van der Waals surface area contributed by atoms with Crippen molar-refractivity contribution in [1.29, 1.82) is 0 Å². The van der Waals surface area contributed by atoms with Gasteiger partial charge < -0.3 is 10.6 Å². The average Bonchev–Trinajstić information content (AvgIpc) is 2.45. The number of nitrogens with zero attached hydrogens (tertiary/aromatic N) is 2. The zero-order valence-electron chi connectivity index (χ0n) is 11.2. The van der Waals surface area contributed by atoms with Crippen molar-refractivity contribution in [2.24, 2.45) is 5.73 Å². The molecule has 0 atom stereocenters. The Balaban J connectivity index is 2.24. The zero-order chi connectivity index (χ0) is 14.5. The second-order valence-electron chi connectivity index (χ2n) is 4.36. The highest BCUT2D eigenvalue weighted by atomic mass is 35.5. The lowest BCUT2D eigenvalue weighted by Crippen LogP contribution is -2.22. The summed E-state index contributed by atoms with van der Waals surface area (Å²) in [6.45, 7) is 3.69. The first-order chi connectivity index (χ1) is 9.61. The van der Waals surface area contributed by atoms with Gasteiger partial charge in [-0.05, 0) is 37.3 Å². The number of nitrogens with two attached hydrogens (primary N) is 1. The molecule has 2 N–H and O–H groups in total. The smallest absolute Gasteiger partial charge is 0.105 e. The number of hydrogen-bond donors (Lipinski definition) is 1. The lowest BCUT2D eigenvalue weighted by atomic mass is 10.2. The Bertz CT molecular complexity index is 601. The maximum Gasteiger partial charge on any atom is 0.105 e. The van der Waals surface area contributed by atoms with Crippen LogP contribution in [-0.2, 0) is 6.54 Å². The topological polar surface area (TPSA) is 42.2 Å². The van der Waals surface area contributed by atoms with Crippen molar-refractivity contribution in [3.05, 3.63) is 58.9 Å². The standard InChI is InChI=1S/C15H16ClN3S/c1-2-19(10-11-5-3-4-8-18-11)12-6-7-13(15(17)20)14(16)9-12/h3-9H,2,10H2,1H3,(H2,17,20). The molecule has 1 heterocycles. The second-order valence-corrected chi connectivity index (χ2v) is 5.21. The lowest BCUT2D eigenvalue weighted by Gasteiger charge is -2.23. The molecule has 2 aromatic rings. The van der Waals surface area contributed by atoms with Crippen LogP contribution in [0.25, 0.3) is 0 Å². The van der Waals surface area contributed by atoms with Gasteiger partial charge in [0.15, 0.2) is 0 Å². The fraction of sp³-hybridized carbons (Fsp3) is 0.200. The van der Waals surface area contributed by atoms with Gasteiger partial charge in [-0.25, -0.2) is 0 Å². The molecule has 1 aromatic heterocycles. The molecule has 0 radical (unpaired) electrons. The van der Waals surface area contributed by atoms with E-state index in [-0.39, 0.29) is 0 Å². The van der Waals surface area contributed by atoms with E-state index in [1.54, 1.807) is 6.20 Å². The van der Waals surface area contributed by atoms with Gasteiger partial charge in [-0.3, -0.25) is 4.98 Å². The summed E-state index contributed by atoms with van der Waals surface area (Å²) >= 11 is 11.2. The van der Waals surface area contributed by atoms with Crippen LogP contribution in [0.2, 0.25) is 5.02 Å². The molecule has 0 saturated heterocycles. The van der Waals surface area contributed by atoms with Gasteiger partial charge in [0.05, 0.1) is 17.3 Å². The van der Waals surface area contributed by atoms with Gasteiger partial charge in [0.2, 0.25) is 0 Å². The highest BCUT2D eigenvalue weighted by Gasteiger charge is 2.10. The normalized spacial score (nSPS) is 10.3. The number of anilines is 1. The van der Waals surface area contributed by atoms with Crippen LogP contribution in [0.5, 0.6) is 0 Å². The minimum Gasteiger partial charge on any atom is -0.389 e. The molecule has 0 bridgehead atoms. The van der Waals surface area contributed by atoms with E-state index in [4.69, 9.17) is 29.6 Å². The van der Waals surface area contributed by atoms with Crippen molar-refractivity contribution in [3.8, 4) is 0 Å². The fourth-order valence-electron chi connectivity index (χ4n) is 1.97. The maximum absolute atomic E-state index is 6.22.